The molecule has 0 radical (unpaired) electrons. The SMILES string of the molecule is CC1CN(C(=O)CN2CCC(c3nnc(C(C)C)o3)CC2)CC(C)O1. The minimum Gasteiger partial charge on any atom is -0.425 e. The Morgan fingerprint density at radius 1 is 1.16 bits per heavy atom. The zero-order chi connectivity index (χ0) is 18.0. The molecule has 2 saturated heterocycles. The van der Waals surface area contributed by atoms with Crippen molar-refractivity contribution in [3.05, 3.63) is 11.8 Å². The van der Waals surface area contributed by atoms with Crippen molar-refractivity contribution in [3.63, 3.8) is 0 Å². The summed E-state index contributed by atoms with van der Waals surface area (Å²) in [5.74, 6) is 2.25. The molecule has 2 aliphatic rings. The topological polar surface area (TPSA) is 71.7 Å². The molecule has 0 aliphatic carbocycles. The van der Waals surface area contributed by atoms with Crippen LogP contribution >= 0.6 is 0 Å². The lowest BCUT2D eigenvalue weighted by molar-refractivity contribution is -0.144. The molecule has 7 heteroatoms. The van der Waals surface area contributed by atoms with E-state index in [4.69, 9.17) is 9.15 Å². The summed E-state index contributed by atoms with van der Waals surface area (Å²) >= 11 is 0. The summed E-state index contributed by atoms with van der Waals surface area (Å²) in [5, 5.41) is 8.34. The van der Waals surface area contributed by atoms with Gasteiger partial charge < -0.3 is 14.1 Å². The molecule has 0 spiro atoms. The van der Waals surface area contributed by atoms with Gasteiger partial charge in [0.25, 0.3) is 0 Å². The maximum atomic E-state index is 12.6. The van der Waals surface area contributed by atoms with Gasteiger partial charge in [0.1, 0.15) is 0 Å². The van der Waals surface area contributed by atoms with Gasteiger partial charge >= 0.3 is 0 Å². The van der Waals surface area contributed by atoms with Gasteiger partial charge in [-0.05, 0) is 39.8 Å². The van der Waals surface area contributed by atoms with Gasteiger partial charge in [-0.1, -0.05) is 13.8 Å². The fraction of sp³-hybridized carbons (Fsp3) is 0.833. The van der Waals surface area contributed by atoms with Crippen LogP contribution in [0.1, 0.15) is 64.2 Å². The molecule has 2 fully saturated rings. The third-order valence-electron chi connectivity index (χ3n) is 5.02. The summed E-state index contributed by atoms with van der Waals surface area (Å²) in [6.07, 6.45) is 2.16. The largest absolute Gasteiger partial charge is 0.425 e. The monoisotopic (exact) mass is 350 g/mol. The zero-order valence-electron chi connectivity index (χ0n) is 15.8. The highest BCUT2D eigenvalue weighted by atomic mass is 16.5. The molecule has 140 valence electrons. The highest BCUT2D eigenvalue weighted by Crippen LogP contribution is 2.28. The Kier molecular flexibility index (Phi) is 5.74. The summed E-state index contributed by atoms with van der Waals surface area (Å²) in [4.78, 5) is 16.8. The Morgan fingerprint density at radius 2 is 1.80 bits per heavy atom. The molecule has 25 heavy (non-hydrogen) atoms. The van der Waals surface area contributed by atoms with Gasteiger partial charge in [-0.15, -0.1) is 10.2 Å². The number of carbonyl (C=O) groups is 1. The van der Waals surface area contributed by atoms with Gasteiger partial charge in [0.2, 0.25) is 17.7 Å². The van der Waals surface area contributed by atoms with Crippen LogP contribution in [0.2, 0.25) is 0 Å². The van der Waals surface area contributed by atoms with Crippen molar-refractivity contribution < 1.29 is 13.9 Å². The van der Waals surface area contributed by atoms with E-state index >= 15 is 0 Å². The summed E-state index contributed by atoms with van der Waals surface area (Å²) < 4.78 is 11.5. The molecule has 1 amide bonds. The van der Waals surface area contributed by atoms with E-state index in [0.29, 0.717) is 31.4 Å². The molecule has 2 aliphatic heterocycles. The Balaban J connectivity index is 1.48. The molecule has 0 saturated carbocycles. The minimum absolute atomic E-state index is 0.117. The van der Waals surface area contributed by atoms with E-state index in [2.05, 4.69) is 28.9 Å². The fourth-order valence-corrected chi connectivity index (χ4v) is 3.66. The first-order valence-corrected chi connectivity index (χ1v) is 9.41. The number of morpholine rings is 1. The quantitative estimate of drug-likeness (QED) is 0.827. The number of likely N-dealkylation sites (tertiary alicyclic amines) is 1. The number of hydrogen-bond donors (Lipinski definition) is 0. The van der Waals surface area contributed by atoms with E-state index in [1.165, 1.54) is 0 Å². The van der Waals surface area contributed by atoms with Gasteiger partial charge in [0, 0.05) is 24.9 Å². The van der Waals surface area contributed by atoms with Crippen molar-refractivity contribution in [2.24, 2.45) is 0 Å². The van der Waals surface area contributed by atoms with E-state index in [1.54, 1.807) is 0 Å². The van der Waals surface area contributed by atoms with Crippen LogP contribution < -0.4 is 0 Å². The van der Waals surface area contributed by atoms with Crippen molar-refractivity contribution in [3.8, 4) is 0 Å². The van der Waals surface area contributed by atoms with Crippen LogP contribution in [-0.2, 0) is 9.53 Å². The molecule has 7 nitrogen and oxygen atoms in total. The minimum atomic E-state index is 0.117. The number of hydrogen-bond acceptors (Lipinski definition) is 6. The molecular formula is C18H30N4O3. The number of amides is 1. The number of ether oxygens (including phenoxy) is 1. The lowest BCUT2D eigenvalue weighted by Gasteiger charge is -2.37. The molecule has 3 rings (SSSR count). The predicted molar refractivity (Wildman–Crippen MR) is 93.4 cm³/mol. The maximum absolute atomic E-state index is 12.6. The average molecular weight is 350 g/mol. The summed E-state index contributed by atoms with van der Waals surface area (Å²) in [5.41, 5.74) is 0. The number of nitrogens with zero attached hydrogens (tertiary/aromatic N) is 4. The van der Waals surface area contributed by atoms with Crippen molar-refractivity contribution in [1.82, 2.24) is 20.0 Å². The number of piperidine rings is 1. The van der Waals surface area contributed by atoms with Crippen LogP contribution in [0.4, 0.5) is 0 Å². The van der Waals surface area contributed by atoms with Crippen LogP contribution in [0.25, 0.3) is 0 Å². The van der Waals surface area contributed by atoms with Crippen LogP contribution in [0.15, 0.2) is 4.42 Å². The van der Waals surface area contributed by atoms with Crippen molar-refractivity contribution in [2.45, 2.75) is 64.6 Å². The summed E-state index contributed by atoms with van der Waals surface area (Å²) in [6.45, 7) is 11.8. The molecular weight excluding hydrogens is 320 g/mol. The van der Waals surface area contributed by atoms with Gasteiger partial charge in [0.05, 0.1) is 18.8 Å². The molecule has 1 aromatic heterocycles. The Hall–Kier alpha value is -1.47. The molecule has 3 heterocycles. The van der Waals surface area contributed by atoms with Gasteiger partial charge in [-0.25, -0.2) is 0 Å². The molecule has 1 aromatic rings. The third-order valence-corrected chi connectivity index (χ3v) is 5.02. The van der Waals surface area contributed by atoms with E-state index < -0.39 is 0 Å². The number of carbonyl (C=O) groups excluding carboxylic acids is 1. The Morgan fingerprint density at radius 3 is 2.36 bits per heavy atom. The third kappa shape index (κ3) is 4.58. The van der Waals surface area contributed by atoms with E-state index in [9.17, 15) is 4.79 Å². The fourth-order valence-electron chi connectivity index (χ4n) is 3.66. The Bertz CT molecular complexity index is 571. The summed E-state index contributed by atoms with van der Waals surface area (Å²) in [6, 6.07) is 0. The number of aromatic nitrogens is 2. The lowest BCUT2D eigenvalue weighted by Crippen LogP contribution is -2.51. The molecule has 0 aromatic carbocycles. The molecule has 2 atom stereocenters. The Labute approximate surface area is 149 Å². The van der Waals surface area contributed by atoms with Crippen molar-refractivity contribution in [1.29, 1.82) is 0 Å². The second-order valence-corrected chi connectivity index (χ2v) is 7.74. The predicted octanol–water partition coefficient (Wildman–Crippen LogP) is 2.01. The standard InChI is InChI=1S/C18H30N4O3/c1-12(2)17-19-20-18(25-17)15-5-7-21(8-6-15)11-16(23)22-9-13(3)24-14(4)10-22/h12-15H,5-11H2,1-4H3. The van der Waals surface area contributed by atoms with Crippen LogP contribution in [0, 0.1) is 0 Å². The van der Waals surface area contributed by atoms with Gasteiger partial charge in [-0.3, -0.25) is 9.69 Å². The highest BCUT2D eigenvalue weighted by molar-refractivity contribution is 5.78. The second-order valence-electron chi connectivity index (χ2n) is 7.74. The average Bonchev–Trinajstić information content (AvgIpc) is 3.05. The van der Waals surface area contributed by atoms with Crippen LogP contribution in [-0.4, -0.2) is 70.8 Å². The molecule has 0 N–H and O–H groups in total. The first-order chi connectivity index (χ1) is 11.9. The molecule has 2 unspecified atom stereocenters. The van der Waals surface area contributed by atoms with Crippen LogP contribution in [0.5, 0.6) is 0 Å². The molecule has 0 bridgehead atoms. The first kappa shape index (κ1) is 18.3. The summed E-state index contributed by atoms with van der Waals surface area (Å²) in [7, 11) is 0. The van der Waals surface area contributed by atoms with Crippen LogP contribution in [0.3, 0.4) is 0 Å². The van der Waals surface area contributed by atoms with Gasteiger partial charge in [0.15, 0.2) is 0 Å². The van der Waals surface area contributed by atoms with E-state index in [0.717, 1.165) is 31.8 Å². The highest BCUT2D eigenvalue weighted by Gasteiger charge is 2.30. The van der Waals surface area contributed by atoms with E-state index in [1.807, 2.05) is 18.7 Å². The van der Waals surface area contributed by atoms with Crippen molar-refractivity contribution in [2.75, 3.05) is 32.7 Å². The second kappa shape index (κ2) is 7.83. The van der Waals surface area contributed by atoms with E-state index in [-0.39, 0.29) is 24.0 Å². The first-order valence-electron chi connectivity index (χ1n) is 9.41. The maximum Gasteiger partial charge on any atom is 0.236 e. The number of rotatable bonds is 4. The lowest BCUT2D eigenvalue weighted by atomic mass is 9.97. The van der Waals surface area contributed by atoms with Gasteiger partial charge in [-0.2, -0.15) is 0 Å². The smallest absolute Gasteiger partial charge is 0.236 e. The van der Waals surface area contributed by atoms with Crippen molar-refractivity contribution >= 4 is 5.91 Å². The normalized spacial score (nSPS) is 26.4. The zero-order valence-corrected chi connectivity index (χ0v) is 15.8.